The van der Waals surface area contributed by atoms with E-state index in [4.69, 9.17) is 4.74 Å². The fourth-order valence-corrected chi connectivity index (χ4v) is 1.83. The van der Waals surface area contributed by atoms with Crippen molar-refractivity contribution in [2.45, 2.75) is 26.0 Å². The number of aliphatic hydroxyl groups excluding tert-OH is 1. The summed E-state index contributed by atoms with van der Waals surface area (Å²) in [5, 5.41) is 9.59. The van der Waals surface area contributed by atoms with Gasteiger partial charge in [-0.3, -0.25) is 0 Å². The van der Waals surface area contributed by atoms with E-state index in [0.717, 1.165) is 13.0 Å². The maximum Gasteiger partial charge on any atom is 0.127 e. The molecule has 1 N–H and O–H groups in total. The van der Waals surface area contributed by atoms with Crippen molar-refractivity contribution in [2.75, 3.05) is 6.61 Å². The van der Waals surface area contributed by atoms with Crippen LogP contribution in [0.4, 0.5) is 4.39 Å². The summed E-state index contributed by atoms with van der Waals surface area (Å²) < 4.78 is 20.7. The number of halogens is 1. The van der Waals surface area contributed by atoms with Crippen LogP contribution in [0.15, 0.2) is 36.9 Å². The number of aryl methyl sites for hydroxylation is 1. The molecule has 1 aromatic carbocycles. The van der Waals surface area contributed by atoms with Crippen molar-refractivity contribution in [3.05, 3.63) is 48.3 Å². The van der Waals surface area contributed by atoms with Crippen molar-refractivity contribution in [2.24, 2.45) is 0 Å². The molecule has 0 radical (unpaired) electrons. The van der Waals surface area contributed by atoms with Crippen molar-refractivity contribution in [3.8, 4) is 5.75 Å². The first-order valence-electron chi connectivity index (χ1n) is 6.23. The Morgan fingerprint density at radius 1 is 1.47 bits per heavy atom. The molecule has 1 aromatic heterocycles. The second-order valence-electron chi connectivity index (χ2n) is 4.36. The Hall–Kier alpha value is -1.88. The van der Waals surface area contributed by atoms with Gasteiger partial charge in [0.25, 0.3) is 0 Å². The van der Waals surface area contributed by atoms with Gasteiger partial charge in [-0.25, -0.2) is 9.37 Å². The summed E-state index contributed by atoms with van der Waals surface area (Å²) in [6.07, 6.45) is 5.45. The Labute approximate surface area is 111 Å². The minimum absolute atomic E-state index is 0.367. The molecule has 1 atom stereocenters. The fourth-order valence-electron chi connectivity index (χ4n) is 1.83. The van der Waals surface area contributed by atoms with Crippen molar-refractivity contribution >= 4 is 0 Å². The molecule has 102 valence electrons. The first-order valence-corrected chi connectivity index (χ1v) is 6.23. The number of aromatic nitrogens is 2. The first-order chi connectivity index (χ1) is 9.16. The van der Waals surface area contributed by atoms with Gasteiger partial charge in [0, 0.05) is 30.6 Å². The molecule has 2 rings (SSSR count). The van der Waals surface area contributed by atoms with Crippen LogP contribution in [-0.2, 0) is 6.54 Å². The average Bonchev–Trinajstić information content (AvgIpc) is 2.87. The van der Waals surface area contributed by atoms with E-state index in [-0.39, 0.29) is 5.82 Å². The third-order valence-electron chi connectivity index (χ3n) is 2.80. The van der Waals surface area contributed by atoms with Gasteiger partial charge in [0.15, 0.2) is 0 Å². The van der Waals surface area contributed by atoms with Crippen LogP contribution in [0.2, 0.25) is 0 Å². The number of nitrogens with zero attached hydrogens (tertiary/aromatic N) is 2. The Morgan fingerprint density at radius 3 is 3.00 bits per heavy atom. The lowest BCUT2D eigenvalue weighted by Crippen LogP contribution is -2.06. The second-order valence-corrected chi connectivity index (χ2v) is 4.36. The molecule has 0 bridgehead atoms. The van der Waals surface area contributed by atoms with Crippen molar-refractivity contribution in [1.82, 2.24) is 9.55 Å². The Kier molecular flexibility index (Phi) is 4.52. The number of ether oxygens (including phenoxy) is 1. The summed E-state index contributed by atoms with van der Waals surface area (Å²) in [4.78, 5) is 3.95. The summed E-state index contributed by atoms with van der Waals surface area (Å²) >= 11 is 0. The van der Waals surface area contributed by atoms with E-state index in [1.807, 2.05) is 10.8 Å². The summed E-state index contributed by atoms with van der Waals surface area (Å²) in [5.41, 5.74) is 0.601. The minimum atomic E-state index is -0.677. The zero-order chi connectivity index (χ0) is 13.7. The van der Waals surface area contributed by atoms with Gasteiger partial charge < -0.3 is 14.4 Å². The number of hydrogen-bond acceptors (Lipinski definition) is 3. The molecule has 0 spiro atoms. The van der Waals surface area contributed by atoms with Crippen LogP contribution >= 0.6 is 0 Å². The largest absolute Gasteiger partial charge is 0.493 e. The number of imidazole rings is 1. The summed E-state index contributed by atoms with van der Waals surface area (Å²) in [6.45, 7) is 2.88. The van der Waals surface area contributed by atoms with E-state index >= 15 is 0 Å². The normalized spacial score (nSPS) is 12.4. The molecule has 0 fully saturated rings. The molecule has 0 saturated heterocycles. The summed E-state index contributed by atoms with van der Waals surface area (Å²) in [6, 6.07) is 4.17. The van der Waals surface area contributed by atoms with Crippen LogP contribution in [0.1, 0.15) is 25.0 Å². The molecule has 0 amide bonds. The Balaban J connectivity index is 1.89. The molecule has 2 aromatic rings. The quantitative estimate of drug-likeness (QED) is 0.816. The van der Waals surface area contributed by atoms with E-state index in [0.29, 0.717) is 17.9 Å². The highest BCUT2D eigenvalue weighted by Crippen LogP contribution is 2.26. The number of aliphatic hydroxyl groups is 1. The average molecular weight is 264 g/mol. The molecule has 0 aliphatic rings. The third kappa shape index (κ3) is 3.79. The van der Waals surface area contributed by atoms with Gasteiger partial charge in [-0.2, -0.15) is 0 Å². The van der Waals surface area contributed by atoms with E-state index in [1.54, 1.807) is 25.5 Å². The molecule has 1 heterocycles. The van der Waals surface area contributed by atoms with Crippen LogP contribution < -0.4 is 4.74 Å². The van der Waals surface area contributed by atoms with Gasteiger partial charge in [-0.15, -0.1) is 0 Å². The number of rotatable bonds is 6. The van der Waals surface area contributed by atoms with Gasteiger partial charge in [-0.1, -0.05) is 0 Å². The van der Waals surface area contributed by atoms with E-state index in [9.17, 15) is 9.50 Å². The standard InChI is InChI=1S/C14H17FN2O2/c1-11(18)13-4-3-12(15)9-14(13)19-8-2-6-17-7-5-16-10-17/h3-5,7,9-11,18H,2,6,8H2,1H3/t11-/m1/s1. The molecule has 5 heteroatoms. The molecular formula is C14H17FN2O2. The smallest absolute Gasteiger partial charge is 0.127 e. The van der Waals surface area contributed by atoms with E-state index in [1.165, 1.54) is 12.1 Å². The molecule has 0 aliphatic heterocycles. The predicted molar refractivity (Wildman–Crippen MR) is 69.4 cm³/mol. The van der Waals surface area contributed by atoms with Gasteiger partial charge in [0.2, 0.25) is 0 Å². The van der Waals surface area contributed by atoms with Crippen molar-refractivity contribution in [3.63, 3.8) is 0 Å². The van der Waals surface area contributed by atoms with E-state index < -0.39 is 6.10 Å². The van der Waals surface area contributed by atoms with Gasteiger partial charge in [0.1, 0.15) is 11.6 Å². The maximum atomic E-state index is 13.2. The van der Waals surface area contributed by atoms with Crippen LogP contribution in [0, 0.1) is 5.82 Å². The highest BCUT2D eigenvalue weighted by Gasteiger charge is 2.10. The van der Waals surface area contributed by atoms with Crippen LogP contribution in [0.3, 0.4) is 0 Å². The zero-order valence-electron chi connectivity index (χ0n) is 10.8. The Bertz CT molecular complexity index is 512. The van der Waals surface area contributed by atoms with Crippen LogP contribution in [-0.4, -0.2) is 21.3 Å². The maximum absolute atomic E-state index is 13.2. The SMILES string of the molecule is C[C@@H](O)c1ccc(F)cc1OCCCn1ccnc1. The van der Waals surface area contributed by atoms with Crippen molar-refractivity contribution in [1.29, 1.82) is 0 Å². The molecular weight excluding hydrogens is 247 g/mol. The Morgan fingerprint density at radius 2 is 2.32 bits per heavy atom. The predicted octanol–water partition coefficient (Wildman–Crippen LogP) is 2.54. The first kappa shape index (κ1) is 13.5. The highest BCUT2D eigenvalue weighted by atomic mass is 19.1. The fraction of sp³-hybridized carbons (Fsp3) is 0.357. The lowest BCUT2D eigenvalue weighted by Gasteiger charge is -2.13. The summed E-state index contributed by atoms with van der Waals surface area (Å²) in [5.74, 6) is 0.0367. The van der Waals surface area contributed by atoms with Gasteiger partial charge >= 0.3 is 0 Å². The van der Waals surface area contributed by atoms with Gasteiger partial charge in [-0.05, 0) is 25.5 Å². The molecule has 0 aliphatic carbocycles. The van der Waals surface area contributed by atoms with Crippen molar-refractivity contribution < 1.29 is 14.2 Å². The molecule has 19 heavy (non-hydrogen) atoms. The number of hydrogen-bond donors (Lipinski definition) is 1. The van der Waals surface area contributed by atoms with Gasteiger partial charge in [0.05, 0.1) is 19.0 Å². The third-order valence-corrected chi connectivity index (χ3v) is 2.80. The highest BCUT2D eigenvalue weighted by molar-refractivity contribution is 5.35. The van der Waals surface area contributed by atoms with Crippen LogP contribution in [0.25, 0.3) is 0 Å². The number of benzene rings is 1. The monoisotopic (exact) mass is 264 g/mol. The molecule has 4 nitrogen and oxygen atoms in total. The molecule has 0 saturated carbocycles. The van der Waals surface area contributed by atoms with Crippen LogP contribution in [0.5, 0.6) is 5.75 Å². The summed E-state index contributed by atoms with van der Waals surface area (Å²) in [7, 11) is 0. The lowest BCUT2D eigenvalue weighted by molar-refractivity contribution is 0.190. The topological polar surface area (TPSA) is 47.3 Å². The minimum Gasteiger partial charge on any atom is -0.493 e. The van der Waals surface area contributed by atoms with E-state index in [2.05, 4.69) is 4.98 Å². The lowest BCUT2D eigenvalue weighted by atomic mass is 10.1. The molecule has 0 unspecified atom stereocenters. The zero-order valence-corrected chi connectivity index (χ0v) is 10.8. The second kappa shape index (κ2) is 6.33.